The van der Waals surface area contributed by atoms with E-state index in [1.807, 2.05) is 38.1 Å². The van der Waals surface area contributed by atoms with Gasteiger partial charge in [0.2, 0.25) is 11.8 Å². The minimum absolute atomic E-state index is 0.0461. The van der Waals surface area contributed by atoms with Gasteiger partial charge < -0.3 is 29.2 Å². The highest BCUT2D eigenvalue weighted by Gasteiger charge is 2.34. The second-order valence-electron chi connectivity index (χ2n) is 10.1. The Morgan fingerprint density at radius 1 is 0.841 bits per heavy atom. The molecule has 0 aliphatic rings. The lowest BCUT2D eigenvalue weighted by Crippen LogP contribution is -2.52. The SMILES string of the molecule is COc1ccc(OC)c(N(CC(=O)N(Cc2cccc(Br)c2)[C@@H](C)C(=O)NC(C)C)S(=O)(=O)c2ccc(OC)c(OC)c2)c1. The van der Waals surface area contributed by atoms with E-state index in [1.165, 1.54) is 57.6 Å². The Morgan fingerprint density at radius 2 is 1.50 bits per heavy atom. The average molecular weight is 693 g/mol. The molecule has 0 bridgehead atoms. The molecule has 0 heterocycles. The van der Waals surface area contributed by atoms with Crippen molar-refractivity contribution in [1.29, 1.82) is 0 Å². The molecule has 0 unspecified atom stereocenters. The molecule has 3 rings (SSSR count). The molecule has 44 heavy (non-hydrogen) atoms. The number of benzene rings is 3. The minimum atomic E-state index is -4.44. The monoisotopic (exact) mass is 691 g/mol. The van der Waals surface area contributed by atoms with Crippen LogP contribution in [0.5, 0.6) is 23.0 Å². The number of sulfonamides is 1. The van der Waals surface area contributed by atoms with Crippen LogP contribution in [0, 0.1) is 0 Å². The number of nitrogens with zero attached hydrogens (tertiary/aromatic N) is 2. The number of nitrogens with one attached hydrogen (secondary N) is 1. The molecule has 0 fully saturated rings. The van der Waals surface area contributed by atoms with Crippen molar-refractivity contribution in [3.63, 3.8) is 0 Å². The van der Waals surface area contributed by atoms with Crippen LogP contribution in [0.3, 0.4) is 0 Å². The van der Waals surface area contributed by atoms with Gasteiger partial charge >= 0.3 is 0 Å². The third-order valence-corrected chi connectivity index (χ3v) is 8.97. The largest absolute Gasteiger partial charge is 0.497 e. The van der Waals surface area contributed by atoms with Gasteiger partial charge in [-0.2, -0.15) is 0 Å². The lowest BCUT2D eigenvalue weighted by Gasteiger charge is -2.32. The standard InChI is InChI=1S/C31H38BrN3O8S/c1-20(2)33-31(37)21(3)34(18-22-9-8-10-23(32)15-22)30(36)19-35(26-16-24(40-4)11-13-27(26)41-5)44(38,39)25-12-14-28(42-6)29(17-25)43-7/h8-17,20-21H,18-19H2,1-7H3,(H,33,37)/t21-/m0/s1. The Morgan fingerprint density at radius 3 is 2.09 bits per heavy atom. The molecule has 13 heteroatoms. The van der Waals surface area contributed by atoms with Crippen LogP contribution >= 0.6 is 15.9 Å². The van der Waals surface area contributed by atoms with E-state index in [1.54, 1.807) is 19.1 Å². The van der Waals surface area contributed by atoms with Crippen molar-refractivity contribution < 1.29 is 37.0 Å². The van der Waals surface area contributed by atoms with E-state index in [0.717, 1.165) is 14.3 Å². The molecule has 3 aromatic carbocycles. The Bertz CT molecular complexity index is 1580. The van der Waals surface area contributed by atoms with Crippen molar-refractivity contribution >= 4 is 43.5 Å². The Hall–Kier alpha value is -3.97. The number of rotatable bonds is 14. The van der Waals surface area contributed by atoms with E-state index in [4.69, 9.17) is 18.9 Å². The van der Waals surface area contributed by atoms with Crippen LogP contribution < -0.4 is 28.6 Å². The molecule has 1 N–H and O–H groups in total. The van der Waals surface area contributed by atoms with Gasteiger partial charge in [0.1, 0.15) is 24.1 Å². The number of amides is 2. The number of hydrogen-bond donors (Lipinski definition) is 1. The summed E-state index contributed by atoms with van der Waals surface area (Å²) in [5.41, 5.74) is 0.807. The number of anilines is 1. The first-order valence-electron chi connectivity index (χ1n) is 13.7. The van der Waals surface area contributed by atoms with Crippen LogP contribution in [0.2, 0.25) is 0 Å². The fraction of sp³-hybridized carbons (Fsp3) is 0.355. The second-order valence-corrected chi connectivity index (χ2v) is 12.8. The lowest BCUT2D eigenvalue weighted by atomic mass is 10.1. The summed E-state index contributed by atoms with van der Waals surface area (Å²) >= 11 is 3.45. The highest BCUT2D eigenvalue weighted by atomic mass is 79.9. The van der Waals surface area contributed by atoms with E-state index in [9.17, 15) is 18.0 Å². The topological polar surface area (TPSA) is 124 Å². The number of hydrogen-bond acceptors (Lipinski definition) is 8. The van der Waals surface area contributed by atoms with Crippen LogP contribution in [0.1, 0.15) is 26.3 Å². The predicted molar refractivity (Wildman–Crippen MR) is 171 cm³/mol. The van der Waals surface area contributed by atoms with Crippen LogP contribution in [0.25, 0.3) is 0 Å². The molecule has 0 spiro atoms. The summed E-state index contributed by atoms with van der Waals surface area (Å²) < 4.78 is 52.0. The highest BCUT2D eigenvalue weighted by Crippen LogP contribution is 2.37. The van der Waals surface area contributed by atoms with Gasteiger partial charge in [-0.1, -0.05) is 28.1 Å². The van der Waals surface area contributed by atoms with Crippen LogP contribution in [-0.4, -0.2) is 72.2 Å². The normalized spacial score (nSPS) is 11.8. The zero-order valence-corrected chi connectivity index (χ0v) is 28.2. The maximum absolute atomic E-state index is 14.4. The molecule has 238 valence electrons. The van der Waals surface area contributed by atoms with Gasteiger partial charge in [0.05, 0.1) is 39.0 Å². The number of carbonyl (C=O) groups excluding carboxylic acids is 2. The lowest BCUT2D eigenvalue weighted by molar-refractivity contribution is -0.139. The Balaban J connectivity index is 2.18. The van der Waals surface area contributed by atoms with Gasteiger partial charge in [-0.15, -0.1) is 0 Å². The van der Waals surface area contributed by atoms with Gasteiger partial charge in [-0.3, -0.25) is 13.9 Å². The smallest absolute Gasteiger partial charge is 0.265 e. The first-order chi connectivity index (χ1) is 20.9. The Labute approximate surface area is 267 Å². The fourth-order valence-electron chi connectivity index (χ4n) is 4.43. The molecule has 0 saturated heterocycles. The molecule has 11 nitrogen and oxygen atoms in total. The zero-order chi connectivity index (χ0) is 32.6. The summed E-state index contributed by atoms with van der Waals surface area (Å²) in [5, 5.41) is 2.84. The summed E-state index contributed by atoms with van der Waals surface area (Å²) in [7, 11) is 1.23. The molecule has 0 aromatic heterocycles. The third-order valence-electron chi connectivity index (χ3n) is 6.72. The maximum Gasteiger partial charge on any atom is 0.265 e. The molecule has 3 aromatic rings. The molecule has 2 amide bonds. The first kappa shape index (κ1) is 34.5. The summed E-state index contributed by atoms with van der Waals surface area (Å²) in [4.78, 5) is 28.5. The minimum Gasteiger partial charge on any atom is -0.497 e. The number of ether oxygens (including phenoxy) is 4. The Kier molecular flexibility index (Phi) is 11.9. The van der Waals surface area contributed by atoms with Crippen molar-refractivity contribution in [3.8, 4) is 23.0 Å². The fourth-order valence-corrected chi connectivity index (χ4v) is 6.31. The molecule has 0 aliphatic carbocycles. The molecule has 0 aliphatic heterocycles. The summed E-state index contributed by atoms with van der Waals surface area (Å²) in [6, 6.07) is 15.0. The van der Waals surface area contributed by atoms with Gasteiger partial charge in [-0.25, -0.2) is 8.42 Å². The van der Waals surface area contributed by atoms with Gasteiger partial charge in [-0.05, 0) is 62.7 Å². The number of carbonyl (C=O) groups is 2. The van der Waals surface area contributed by atoms with Crippen LogP contribution in [0.4, 0.5) is 5.69 Å². The predicted octanol–water partition coefficient (Wildman–Crippen LogP) is 4.62. The van der Waals surface area contributed by atoms with Crippen LogP contribution in [-0.2, 0) is 26.2 Å². The van der Waals surface area contributed by atoms with Crippen molar-refractivity contribution in [1.82, 2.24) is 10.2 Å². The number of halogens is 1. The molecule has 1 atom stereocenters. The molecular formula is C31H38BrN3O8S. The van der Waals surface area contributed by atoms with E-state index >= 15 is 0 Å². The average Bonchev–Trinajstić information content (AvgIpc) is 3.00. The quantitative estimate of drug-likeness (QED) is 0.260. The van der Waals surface area contributed by atoms with Gasteiger partial charge in [0.25, 0.3) is 10.0 Å². The third kappa shape index (κ3) is 8.14. The summed E-state index contributed by atoms with van der Waals surface area (Å²) in [6.07, 6.45) is 0. The van der Waals surface area contributed by atoms with E-state index < -0.39 is 28.5 Å². The second kappa shape index (κ2) is 15.2. The van der Waals surface area contributed by atoms with Crippen molar-refractivity contribution in [3.05, 3.63) is 70.7 Å². The van der Waals surface area contributed by atoms with Gasteiger partial charge in [0.15, 0.2) is 11.5 Å². The molecular weight excluding hydrogens is 654 g/mol. The van der Waals surface area contributed by atoms with E-state index in [-0.39, 0.29) is 40.6 Å². The number of methoxy groups -OCH3 is 4. The van der Waals surface area contributed by atoms with Gasteiger partial charge in [0, 0.05) is 29.2 Å². The van der Waals surface area contributed by atoms with Crippen molar-refractivity contribution in [2.24, 2.45) is 0 Å². The van der Waals surface area contributed by atoms with Crippen molar-refractivity contribution in [2.75, 3.05) is 39.3 Å². The van der Waals surface area contributed by atoms with E-state index in [0.29, 0.717) is 11.5 Å². The van der Waals surface area contributed by atoms with Crippen LogP contribution in [0.15, 0.2) is 70.0 Å². The van der Waals surface area contributed by atoms with Crippen molar-refractivity contribution in [2.45, 2.75) is 44.3 Å². The first-order valence-corrected chi connectivity index (χ1v) is 15.9. The maximum atomic E-state index is 14.4. The molecule has 0 radical (unpaired) electrons. The summed E-state index contributed by atoms with van der Waals surface area (Å²) in [5.74, 6) is 0.0519. The summed E-state index contributed by atoms with van der Waals surface area (Å²) in [6.45, 7) is 4.63. The molecule has 0 saturated carbocycles. The highest BCUT2D eigenvalue weighted by molar-refractivity contribution is 9.10. The van der Waals surface area contributed by atoms with E-state index in [2.05, 4.69) is 21.2 Å². The zero-order valence-electron chi connectivity index (χ0n) is 25.8.